The van der Waals surface area contributed by atoms with Crippen LogP contribution in [-0.2, 0) is 11.2 Å². The van der Waals surface area contributed by atoms with Crippen LogP contribution >= 0.6 is 0 Å². The topological polar surface area (TPSA) is 68.1 Å². The van der Waals surface area contributed by atoms with Crippen LogP contribution < -0.4 is 0 Å². The molecule has 0 amide bonds. The Morgan fingerprint density at radius 1 is 1.24 bits per heavy atom. The van der Waals surface area contributed by atoms with Gasteiger partial charge < -0.3 is 4.74 Å². The molecule has 2 aliphatic rings. The third-order valence-electron chi connectivity index (χ3n) is 5.19. The summed E-state index contributed by atoms with van der Waals surface area (Å²) in [6.45, 7) is 2.41. The minimum absolute atomic E-state index is 0.00609. The van der Waals surface area contributed by atoms with Crippen LogP contribution in [0, 0.1) is 6.92 Å². The van der Waals surface area contributed by atoms with Gasteiger partial charge in [-0.05, 0) is 24.1 Å². The number of ketones is 1. The maximum absolute atomic E-state index is 13.2. The zero-order valence-corrected chi connectivity index (χ0v) is 14.2. The number of Topliss-reactive ketones (excluding diaryl/α,β-unsaturated/α-hetero) is 1. The summed E-state index contributed by atoms with van der Waals surface area (Å²) in [7, 11) is 1.36. The standard InChI is InChI=1S/C20H18N2O3/c1-12-7-8-14-13(9-12)10-20(18(14)23)17(11-21-22-20)15-5-3-4-6-16(15)19(24)25-2/h3-9,17H,10-11H2,1-2H3/t17-,20-/m1/s1. The molecule has 2 aromatic rings. The van der Waals surface area contributed by atoms with Crippen LogP contribution in [0.1, 0.15) is 43.3 Å². The zero-order chi connectivity index (χ0) is 17.6. The van der Waals surface area contributed by atoms with Crippen LogP contribution in [-0.4, -0.2) is 30.9 Å². The van der Waals surface area contributed by atoms with Crippen LogP contribution in [0.25, 0.3) is 0 Å². The molecule has 4 rings (SSSR count). The Labute approximate surface area is 145 Å². The first-order valence-corrected chi connectivity index (χ1v) is 8.27. The number of hydrogen-bond donors (Lipinski definition) is 0. The lowest BCUT2D eigenvalue weighted by Gasteiger charge is -2.26. The highest BCUT2D eigenvalue weighted by molar-refractivity contribution is 6.09. The summed E-state index contributed by atoms with van der Waals surface area (Å²) in [6.07, 6.45) is 0.520. The first-order valence-electron chi connectivity index (χ1n) is 8.27. The predicted octanol–water partition coefficient (Wildman–Crippen LogP) is 3.51. The van der Waals surface area contributed by atoms with Gasteiger partial charge in [-0.15, -0.1) is 0 Å². The summed E-state index contributed by atoms with van der Waals surface area (Å²) >= 11 is 0. The van der Waals surface area contributed by atoms with E-state index >= 15 is 0 Å². The molecule has 5 nitrogen and oxygen atoms in total. The van der Waals surface area contributed by atoms with Crippen LogP contribution in [0.4, 0.5) is 0 Å². The van der Waals surface area contributed by atoms with Crippen molar-refractivity contribution in [1.82, 2.24) is 0 Å². The fourth-order valence-corrected chi connectivity index (χ4v) is 3.98. The van der Waals surface area contributed by atoms with Crippen molar-refractivity contribution in [2.75, 3.05) is 13.7 Å². The highest BCUT2D eigenvalue weighted by Gasteiger charge is 2.55. The van der Waals surface area contributed by atoms with E-state index in [0.717, 1.165) is 16.7 Å². The summed E-state index contributed by atoms with van der Waals surface area (Å²) < 4.78 is 4.91. The molecular formula is C20H18N2O3. The van der Waals surface area contributed by atoms with Crippen molar-refractivity contribution < 1.29 is 14.3 Å². The highest BCUT2D eigenvalue weighted by atomic mass is 16.5. The molecule has 0 aromatic heterocycles. The van der Waals surface area contributed by atoms with Crippen molar-refractivity contribution in [2.24, 2.45) is 10.2 Å². The van der Waals surface area contributed by atoms with E-state index in [-0.39, 0.29) is 11.7 Å². The second-order valence-electron chi connectivity index (χ2n) is 6.65. The van der Waals surface area contributed by atoms with Gasteiger partial charge in [-0.2, -0.15) is 10.2 Å². The van der Waals surface area contributed by atoms with E-state index in [1.165, 1.54) is 7.11 Å². The van der Waals surface area contributed by atoms with Crippen molar-refractivity contribution >= 4 is 11.8 Å². The maximum atomic E-state index is 13.2. The van der Waals surface area contributed by atoms with Crippen molar-refractivity contribution in [3.8, 4) is 0 Å². The fraction of sp³-hybridized carbons (Fsp3) is 0.300. The minimum Gasteiger partial charge on any atom is -0.465 e. The number of hydrogen-bond acceptors (Lipinski definition) is 5. The van der Waals surface area contributed by atoms with Gasteiger partial charge in [-0.25, -0.2) is 4.79 Å². The number of nitrogens with zero attached hydrogens (tertiary/aromatic N) is 2. The number of ether oxygens (including phenoxy) is 1. The molecular weight excluding hydrogens is 316 g/mol. The third kappa shape index (κ3) is 2.22. The maximum Gasteiger partial charge on any atom is 0.338 e. The van der Waals surface area contributed by atoms with E-state index in [1.54, 1.807) is 12.1 Å². The van der Waals surface area contributed by atoms with Crippen LogP contribution in [0.2, 0.25) is 0 Å². The lowest BCUT2D eigenvalue weighted by molar-refractivity contribution is 0.0597. The second-order valence-corrected chi connectivity index (χ2v) is 6.65. The quantitative estimate of drug-likeness (QED) is 0.789. The highest BCUT2D eigenvalue weighted by Crippen LogP contribution is 2.47. The van der Waals surface area contributed by atoms with Gasteiger partial charge in [0, 0.05) is 17.9 Å². The van der Waals surface area contributed by atoms with Gasteiger partial charge in [0.1, 0.15) is 0 Å². The summed E-state index contributed by atoms with van der Waals surface area (Å²) in [6, 6.07) is 13.1. The molecule has 1 aliphatic carbocycles. The van der Waals surface area contributed by atoms with Gasteiger partial charge in [0.2, 0.25) is 0 Å². The Morgan fingerprint density at radius 2 is 2.04 bits per heavy atom. The number of azo groups is 1. The number of carbonyl (C=O) groups excluding carboxylic acids is 2. The van der Waals surface area contributed by atoms with E-state index in [0.29, 0.717) is 24.1 Å². The van der Waals surface area contributed by atoms with Gasteiger partial charge in [-0.1, -0.05) is 42.0 Å². The Bertz CT molecular complexity index is 919. The number of benzene rings is 2. The first-order chi connectivity index (χ1) is 12.1. The molecule has 126 valence electrons. The first kappa shape index (κ1) is 15.7. The molecule has 1 heterocycles. The Morgan fingerprint density at radius 3 is 2.84 bits per heavy atom. The molecule has 1 aliphatic heterocycles. The summed E-state index contributed by atoms with van der Waals surface area (Å²) in [5.74, 6) is -0.673. The molecule has 0 saturated carbocycles. The van der Waals surface area contributed by atoms with Gasteiger partial charge in [0.25, 0.3) is 0 Å². The number of carbonyl (C=O) groups is 2. The molecule has 0 bridgehead atoms. The second kappa shape index (κ2) is 5.62. The Balaban J connectivity index is 1.82. The average molecular weight is 334 g/mol. The van der Waals surface area contributed by atoms with Crippen LogP contribution in [0.3, 0.4) is 0 Å². The van der Waals surface area contributed by atoms with E-state index in [9.17, 15) is 9.59 Å². The average Bonchev–Trinajstić information content (AvgIpc) is 3.16. The lowest BCUT2D eigenvalue weighted by atomic mass is 9.76. The third-order valence-corrected chi connectivity index (χ3v) is 5.19. The smallest absolute Gasteiger partial charge is 0.338 e. The molecule has 0 saturated heterocycles. The Kier molecular flexibility index (Phi) is 3.53. The molecule has 5 heteroatoms. The number of esters is 1. The van der Waals surface area contributed by atoms with Crippen molar-refractivity contribution in [2.45, 2.75) is 24.8 Å². The van der Waals surface area contributed by atoms with E-state index in [2.05, 4.69) is 10.2 Å². The zero-order valence-electron chi connectivity index (χ0n) is 14.2. The van der Waals surface area contributed by atoms with Crippen molar-refractivity contribution in [3.05, 3.63) is 70.3 Å². The largest absolute Gasteiger partial charge is 0.465 e. The predicted molar refractivity (Wildman–Crippen MR) is 92.2 cm³/mol. The molecule has 25 heavy (non-hydrogen) atoms. The van der Waals surface area contributed by atoms with Gasteiger partial charge in [0.15, 0.2) is 11.3 Å². The summed E-state index contributed by atoms with van der Waals surface area (Å²) in [5, 5.41) is 8.61. The minimum atomic E-state index is -0.944. The van der Waals surface area contributed by atoms with Crippen LogP contribution in [0.15, 0.2) is 52.7 Å². The normalized spacial score (nSPS) is 23.9. The van der Waals surface area contributed by atoms with E-state index in [1.807, 2.05) is 37.3 Å². The number of methoxy groups -OCH3 is 1. The van der Waals surface area contributed by atoms with E-state index < -0.39 is 11.5 Å². The number of rotatable bonds is 2. The summed E-state index contributed by atoms with van der Waals surface area (Å²) in [5.41, 5.74) is 3.14. The lowest BCUT2D eigenvalue weighted by Crippen LogP contribution is -2.39. The van der Waals surface area contributed by atoms with Gasteiger partial charge >= 0.3 is 5.97 Å². The fourth-order valence-electron chi connectivity index (χ4n) is 3.98. The Hall–Kier alpha value is -2.82. The molecule has 0 N–H and O–H groups in total. The molecule has 0 unspecified atom stereocenters. The molecule has 0 fully saturated rings. The van der Waals surface area contributed by atoms with Crippen molar-refractivity contribution in [3.63, 3.8) is 0 Å². The molecule has 1 spiro atoms. The molecule has 2 atom stereocenters. The molecule has 0 radical (unpaired) electrons. The van der Waals surface area contributed by atoms with Crippen LogP contribution in [0.5, 0.6) is 0 Å². The van der Waals surface area contributed by atoms with E-state index in [4.69, 9.17) is 4.74 Å². The van der Waals surface area contributed by atoms with Gasteiger partial charge in [0.05, 0.1) is 19.2 Å². The monoisotopic (exact) mass is 334 g/mol. The van der Waals surface area contributed by atoms with Crippen molar-refractivity contribution in [1.29, 1.82) is 0 Å². The number of aryl methyl sites for hydroxylation is 1. The SMILES string of the molecule is COC(=O)c1ccccc1[C@H]1CN=N[C@]12Cc1cc(C)ccc1C2=O. The van der Waals surface area contributed by atoms with Gasteiger partial charge in [-0.3, -0.25) is 4.79 Å². The molecule has 2 aromatic carbocycles. The number of fused-ring (bicyclic) bond motifs is 1. The summed E-state index contributed by atoms with van der Waals surface area (Å²) in [4.78, 5) is 25.4.